The summed E-state index contributed by atoms with van der Waals surface area (Å²) in [7, 11) is 0. The summed E-state index contributed by atoms with van der Waals surface area (Å²) in [6.07, 6.45) is 4.07. The molecular weight excluding hydrogens is 260 g/mol. The van der Waals surface area contributed by atoms with E-state index in [9.17, 15) is 10.1 Å². The molecule has 1 heterocycles. The molecule has 2 rings (SSSR count). The Labute approximate surface area is 109 Å². The Morgan fingerprint density at radius 3 is 2.83 bits per heavy atom. The minimum atomic E-state index is -0.533. The zero-order chi connectivity index (χ0) is 13.1. The van der Waals surface area contributed by atoms with Gasteiger partial charge in [-0.15, -0.1) is 0 Å². The molecule has 1 saturated carbocycles. The van der Waals surface area contributed by atoms with Crippen molar-refractivity contribution in [2.75, 3.05) is 18.1 Å². The van der Waals surface area contributed by atoms with E-state index in [2.05, 4.69) is 9.97 Å². The fourth-order valence-corrected chi connectivity index (χ4v) is 2.08. The first kappa shape index (κ1) is 13.0. The molecule has 98 valence electrons. The quantitative estimate of drug-likeness (QED) is 0.495. The number of anilines is 1. The lowest BCUT2D eigenvalue weighted by molar-refractivity contribution is -0.384. The molecule has 0 aromatic carbocycles. The molecule has 7 nitrogen and oxygen atoms in total. The maximum atomic E-state index is 11.0. The van der Waals surface area contributed by atoms with Crippen LogP contribution in [0.2, 0.25) is 5.28 Å². The number of aliphatic hydroxyl groups is 1. The number of halogens is 1. The van der Waals surface area contributed by atoms with Crippen LogP contribution < -0.4 is 4.90 Å². The van der Waals surface area contributed by atoms with Crippen molar-refractivity contribution in [2.45, 2.75) is 25.3 Å². The van der Waals surface area contributed by atoms with Gasteiger partial charge in [-0.2, -0.15) is 4.98 Å². The molecule has 1 fully saturated rings. The van der Waals surface area contributed by atoms with Crippen molar-refractivity contribution in [3.8, 4) is 0 Å². The largest absolute Gasteiger partial charge is 0.395 e. The van der Waals surface area contributed by atoms with Crippen LogP contribution in [0.15, 0.2) is 6.20 Å². The first-order valence-corrected chi connectivity index (χ1v) is 6.05. The molecule has 0 spiro atoms. The van der Waals surface area contributed by atoms with E-state index in [0.29, 0.717) is 6.54 Å². The fourth-order valence-electron chi connectivity index (χ4n) is 1.95. The molecule has 1 aromatic heterocycles. The fraction of sp³-hybridized carbons (Fsp3) is 0.600. The van der Waals surface area contributed by atoms with E-state index in [-0.39, 0.29) is 29.4 Å². The van der Waals surface area contributed by atoms with Gasteiger partial charge in [0.25, 0.3) is 0 Å². The Morgan fingerprint density at radius 1 is 1.61 bits per heavy atom. The van der Waals surface area contributed by atoms with E-state index in [1.807, 2.05) is 0 Å². The molecule has 1 N–H and O–H groups in total. The van der Waals surface area contributed by atoms with Gasteiger partial charge in [0, 0.05) is 12.6 Å². The summed E-state index contributed by atoms with van der Waals surface area (Å²) in [6, 6.07) is 0.182. The molecule has 0 unspecified atom stereocenters. The van der Waals surface area contributed by atoms with Crippen molar-refractivity contribution < 1.29 is 10.0 Å². The Hall–Kier alpha value is -1.47. The highest BCUT2D eigenvalue weighted by Crippen LogP contribution is 2.33. The number of rotatable bonds is 5. The van der Waals surface area contributed by atoms with Gasteiger partial charge in [-0.25, -0.2) is 4.98 Å². The van der Waals surface area contributed by atoms with Gasteiger partial charge in [0.05, 0.1) is 11.5 Å². The molecule has 1 aromatic rings. The van der Waals surface area contributed by atoms with E-state index in [0.717, 1.165) is 25.5 Å². The van der Waals surface area contributed by atoms with E-state index in [1.165, 1.54) is 0 Å². The van der Waals surface area contributed by atoms with Crippen LogP contribution in [0.25, 0.3) is 0 Å². The van der Waals surface area contributed by atoms with Gasteiger partial charge >= 0.3 is 5.69 Å². The number of aromatic nitrogens is 2. The molecule has 0 aliphatic heterocycles. The average Bonchev–Trinajstić information content (AvgIpc) is 2.25. The van der Waals surface area contributed by atoms with Crippen LogP contribution in [0.4, 0.5) is 11.5 Å². The van der Waals surface area contributed by atoms with Crippen LogP contribution in [0, 0.1) is 10.1 Å². The highest BCUT2D eigenvalue weighted by Gasteiger charge is 2.31. The van der Waals surface area contributed by atoms with Crippen LogP contribution in [-0.4, -0.2) is 39.2 Å². The maximum Gasteiger partial charge on any atom is 0.329 e. The average molecular weight is 273 g/mol. The molecule has 1 aliphatic rings. The lowest BCUT2D eigenvalue weighted by atomic mass is 9.91. The summed E-state index contributed by atoms with van der Waals surface area (Å²) in [5.41, 5.74) is -0.181. The van der Waals surface area contributed by atoms with Crippen molar-refractivity contribution in [1.82, 2.24) is 9.97 Å². The SMILES string of the molecule is O=[N+]([O-])c1cnc(Cl)nc1N(CCO)C1CCC1. The Balaban J connectivity index is 2.37. The summed E-state index contributed by atoms with van der Waals surface area (Å²) < 4.78 is 0. The second kappa shape index (κ2) is 5.45. The summed E-state index contributed by atoms with van der Waals surface area (Å²) in [4.78, 5) is 19.8. The van der Waals surface area contributed by atoms with Gasteiger partial charge in [-0.05, 0) is 30.9 Å². The van der Waals surface area contributed by atoms with Crippen molar-refractivity contribution in [2.24, 2.45) is 0 Å². The molecule has 0 radical (unpaired) electrons. The molecule has 18 heavy (non-hydrogen) atoms. The number of nitro groups is 1. The number of aliphatic hydroxyl groups excluding tert-OH is 1. The third-order valence-electron chi connectivity index (χ3n) is 3.05. The maximum absolute atomic E-state index is 11.0. The summed E-state index contributed by atoms with van der Waals surface area (Å²) >= 11 is 5.70. The number of nitrogens with zero attached hydrogens (tertiary/aromatic N) is 4. The minimum absolute atomic E-state index is 0.0298. The number of hydrogen-bond donors (Lipinski definition) is 1. The lowest BCUT2D eigenvalue weighted by Gasteiger charge is -2.37. The van der Waals surface area contributed by atoms with Crippen molar-refractivity contribution in [1.29, 1.82) is 0 Å². The molecule has 1 aliphatic carbocycles. The van der Waals surface area contributed by atoms with Crippen LogP contribution in [0.3, 0.4) is 0 Å². The second-order valence-corrected chi connectivity index (χ2v) is 4.44. The van der Waals surface area contributed by atoms with Crippen molar-refractivity contribution in [3.05, 3.63) is 21.6 Å². The molecule has 0 saturated heterocycles. The van der Waals surface area contributed by atoms with Gasteiger partial charge in [-0.3, -0.25) is 10.1 Å². The number of hydrogen-bond acceptors (Lipinski definition) is 6. The summed E-state index contributed by atoms with van der Waals surface area (Å²) in [6.45, 7) is 0.216. The monoisotopic (exact) mass is 272 g/mol. The normalized spacial score (nSPS) is 15.2. The lowest BCUT2D eigenvalue weighted by Crippen LogP contribution is -2.42. The highest BCUT2D eigenvalue weighted by molar-refractivity contribution is 6.28. The predicted molar refractivity (Wildman–Crippen MR) is 65.8 cm³/mol. The van der Waals surface area contributed by atoms with E-state index in [1.54, 1.807) is 4.90 Å². The van der Waals surface area contributed by atoms with Gasteiger partial charge in [0.2, 0.25) is 11.1 Å². The topological polar surface area (TPSA) is 92.4 Å². The van der Waals surface area contributed by atoms with Gasteiger partial charge in [0.15, 0.2) is 0 Å². The van der Waals surface area contributed by atoms with Crippen LogP contribution >= 0.6 is 11.6 Å². The van der Waals surface area contributed by atoms with Gasteiger partial charge < -0.3 is 10.0 Å². The second-order valence-electron chi connectivity index (χ2n) is 4.11. The standard InChI is InChI=1S/C10H13ClN4O3/c11-10-12-6-8(15(17)18)9(13-10)14(4-5-16)7-2-1-3-7/h6-7,16H,1-5H2. The minimum Gasteiger partial charge on any atom is -0.395 e. The zero-order valence-electron chi connectivity index (χ0n) is 9.62. The van der Waals surface area contributed by atoms with Gasteiger partial charge in [0.1, 0.15) is 6.20 Å². The van der Waals surface area contributed by atoms with E-state index >= 15 is 0 Å². The summed E-state index contributed by atoms with van der Waals surface area (Å²) in [5, 5.41) is 20.0. The van der Waals surface area contributed by atoms with E-state index in [4.69, 9.17) is 16.7 Å². The predicted octanol–water partition coefficient (Wildman–Crippen LogP) is 1.39. The Bertz CT molecular complexity index is 453. The molecule has 0 atom stereocenters. The summed E-state index contributed by atoms with van der Waals surface area (Å²) in [5.74, 6) is 0.193. The first-order chi connectivity index (χ1) is 8.63. The van der Waals surface area contributed by atoms with Crippen molar-refractivity contribution >= 4 is 23.1 Å². The smallest absolute Gasteiger partial charge is 0.329 e. The van der Waals surface area contributed by atoms with Crippen LogP contribution in [-0.2, 0) is 0 Å². The third kappa shape index (κ3) is 2.51. The molecular formula is C10H13ClN4O3. The van der Waals surface area contributed by atoms with Crippen LogP contribution in [0.1, 0.15) is 19.3 Å². The highest BCUT2D eigenvalue weighted by atomic mass is 35.5. The van der Waals surface area contributed by atoms with E-state index < -0.39 is 4.92 Å². The third-order valence-corrected chi connectivity index (χ3v) is 3.23. The first-order valence-electron chi connectivity index (χ1n) is 5.68. The zero-order valence-corrected chi connectivity index (χ0v) is 10.4. The Kier molecular flexibility index (Phi) is 3.93. The Morgan fingerprint density at radius 2 is 2.33 bits per heavy atom. The molecule has 8 heteroatoms. The van der Waals surface area contributed by atoms with Crippen LogP contribution in [0.5, 0.6) is 0 Å². The van der Waals surface area contributed by atoms with Crippen molar-refractivity contribution in [3.63, 3.8) is 0 Å². The molecule has 0 amide bonds. The molecule has 0 bridgehead atoms. The van der Waals surface area contributed by atoms with Gasteiger partial charge in [-0.1, -0.05) is 0 Å².